The van der Waals surface area contributed by atoms with Crippen LogP contribution in [0.2, 0.25) is 28.2 Å². The van der Waals surface area contributed by atoms with Gasteiger partial charge in [-0.05, 0) is 64.7 Å². The van der Waals surface area contributed by atoms with Crippen molar-refractivity contribution in [3.05, 3.63) is 150 Å². The first-order valence-electron chi connectivity index (χ1n) is 23.9. The van der Waals surface area contributed by atoms with Gasteiger partial charge in [-0.1, -0.05) is 159 Å². The van der Waals surface area contributed by atoms with E-state index >= 15 is 0 Å². The van der Waals surface area contributed by atoms with Crippen molar-refractivity contribution in [1.82, 2.24) is 14.5 Å². The number of ether oxygens (including phenoxy) is 5. The minimum atomic E-state index is -2.93. The predicted octanol–water partition coefficient (Wildman–Crippen LogP) is 12.1. The van der Waals surface area contributed by atoms with E-state index < -0.39 is 34.8 Å². The molecule has 0 radical (unpaired) electrons. The summed E-state index contributed by atoms with van der Waals surface area (Å²) in [5.74, 6) is 8.82. The fourth-order valence-electron chi connectivity index (χ4n) is 9.72. The lowest BCUT2D eigenvalue weighted by Crippen LogP contribution is -2.66. The topological polar surface area (TPSA) is 105 Å². The van der Waals surface area contributed by atoms with Gasteiger partial charge in [0.25, 0.3) is 0 Å². The van der Waals surface area contributed by atoms with Crippen LogP contribution < -0.4 is 14.2 Å². The summed E-state index contributed by atoms with van der Waals surface area (Å²) in [7, 11) is -2.04. The molecule has 8 rings (SSSR count). The molecule has 0 amide bonds. The van der Waals surface area contributed by atoms with Crippen LogP contribution in [0.15, 0.2) is 122 Å². The van der Waals surface area contributed by atoms with Crippen LogP contribution in [0.1, 0.15) is 96.4 Å². The molecule has 2 saturated heterocycles. The molecule has 0 N–H and O–H groups in total. The summed E-state index contributed by atoms with van der Waals surface area (Å²) < 4.78 is 56.0. The largest absolute Gasteiger partial charge is 0.497 e. The first kappa shape index (κ1) is 50.1. The summed E-state index contributed by atoms with van der Waals surface area (Å²) in [6, 6.07) is 36.2. The highest BCUT2D eigenvalue weighted by molar-refractivity contribution is 6.74. The van der Waals surface area contributed by atoms with E-state index in [1.807, 2.05) is 103 Å². The van der Waals surface area contributed by atoms with Crippen molar-refractivity contribution < 1.29 is 37.0 Å². The zero-order chi connectivity index (χ0) is 49.4. The average Bonchev–Trinajstić information content (AvgIpc) is 3.88. The molecule has 4 heterocycles. The Balaban J connectivity index is 1.25. The molecule has 11 nitrogen and oxygen atoms in total. The van der Waals surface area contributed by atoms with Crippen LogP contribution in [0, 0.1) is 11.8 Å². The fourth-order valence-corrected chi connectivity index (χ4v) is 16.0. The highest BCUT2D eigenvalue weighted by atomic mass is 28.4. The normalized spacial score (nSPS) is 19.7. The van der Waals surface area contributed by atoms with Crippen LogP contribution in [0.5, 0.6) is 17.4 Å². The first-order chi connectivity index (χ1) is 32.7. The maximum atomic E-state index is 7.49. The molecule has 0 spiro atoms. The van der Waals surface area contributed by atoms with Crippen molar-refractivity contribution >= 4 is 27.9 Å². The molecule has 69 heavy (non-hydrogen) atoms. The molecule has 364 valence electrons. The molecular formula is C56H69N3O8Si2. The van der Waals surface area contributed by atoms with E-state index in [1.54, 1.807) is 20.5 Å². The molecule has 0 aliphatic carbocycles. The van der Waals surface area contributed by atoms with E-state index in [1.165, 1.54) is 0 Å². The van der Waals surface area contributed by atoms with Crippen LogP contribution in [0.3, 0.4) is 0 Å². The zero-order valence-corrected chi connectivity index (χ0v) is 44.6. The van der Waals surface area contributed by atoms with Crippen molar-refractivity contribution in [1.29, 1.82) is 0 Å². The summed E-state index contributed by atoms with van der Waals surface area (Å²) in [6.07, 6.45) is 1.65. The van der Waals surface area contributed by atoms with Crippen LogP contribution in [-0.4, -0.2) is 77.2 Å². The maximum absolute atomic E-state index is 7.49. The molecule has 4 atom stereocenters. The summed E-state index contributed by atoms with van der Waals surface area (Å²) in [5.41, 5.74) is 3.97. The Morgan fingerprint density at radius 3 is 1.86 bits per heavy atom. The van der Waals surface area contributed by atoms with Crippen LogP contribution in [-0.2, 0) is 35.0 Å². The lowest BCUT2D eigenvalue weighted by atomic mass is 9.80. The molecule has 2 aromatic heterocycles. The summed E-state index contributed by atoms with van der Waals surface area (Å²) >= 11 is 0. The number of nitrogens with zero attached hydrogens (tertiary/aromatic N) is 3. The van der Waals surface area contributed by atoms with E-state index in [4.69, 9.17) is 46.9 Å². The van der Waals surface area contributed by atoms with Crippen molar-refractivity contribution in [3.63, 3.8) is 0 Å². The Hall–Kier alpha value is -5.31. The van der Waals surface area contributed by atoms with Gasteiger partial charge in [0.15, 0.2) is 20.2 Å². The number of benzene rings is 4. The standard InChI is InChI=1S/C56H69N3O8Si2/c1-53(2,3)68(12,13)66-49-48-46(37-64-69(67-48,54(4,5)6)55(7,8)9)65-52(49)59-35-40(47-50(59)57-38-58-51(47)62-36-39-21-16-14-17-22-39)23-20-34-63-56(41-24-18-15-19-25-41,42-26-30-44(60-10)31-27-42)43-28-32-45(61-11)33-29-43/h14-19,21-22,24-33,35,38,46,48-49,52H,34,36-37H2,1-13H3/t46-,48-,49-,52-/m1/s1. The van der Waals surface area contributed by atoms with Gasteiger partial charge < -0.3 is 41.5 Å². The van der Waals surface area contributed by atoms with Gasteiger partial charge in [0.2, 0.25) is 5.88 Å². The lowest BCUT2D eigenvalue weighted by molar-refractivity contribution is -0.0794. The van der Waals surface area contributed by atoms with E-state index in [9.17, 15) is 0 Å². The second-order valence-electron chi connectivity index (χ2n) is 21.6. The molecule has 6 aromatic rings. The van der Waals surface area contributed by atoms with Crippen LogP contribution >= 0.6 is 0 Å². The van der Waals surface area contributed by atoms with Gasteiger partial charge in [-0.3, -0.25) is 0 Å². The minimum absolute atomic E-state index is 0.0478. The van der Waals surface area contributed by atoms with E-state index in [-0.39, 0.29) is 33.9 Å². The number of hydrogen-bond donors (Lipinski definition) is 0. The highest BCUT2D eigenvalue weighted by Gasteiger charge is 2.66. The Morgan fingerprint density at radius 2 is 1.30 bits per heavy atom. The molecule has 0 saturated carbocycles. The third-order valence-electron chi connectivity index (χ3n) is 14.1. The summed E-state index contributed by atoms with van der Waals surface area (Å²) in [6.45, 7) is 25.5. The molecular weight excluding hydrogens is 899 g/mol. The highest BCUT2D eigenvalue weighted by Crippen LogP contribution is 2.57. The van der Waals surface area contributed by atoms with Gasteiger partial charge in [-0.15, -0.1) is 0 Å². The molecule has 2 fully saturated rings. The van der Waals surface area contributed by atoms with Gasteiger partial charge in [-0.2, -0.15) is 0 Å². The molecule has 2 aliphatic heterocycles. The second kappa shape index (κ2) is 19.5. The average molecular weight is 968 g/mol. The van der Waals surface area contributed by atoms with Gasteiger partial charge in [0.05, 0.1) is 31.8 Å². The van der Waals surface area contributed by atoms with Gasteiger partial charge in [0, 0.05) is 16.3 Å². The van der Waals surface area contributed by atoms with Crippen molar-refractivity contribution in [2.24, 2.45) is 0 Å². The maximum Gasteiger partial charge on any atom is 0.349 e. The Bertz CT molecular complexity index is 2690. The molecule has 13 heteroatoms. The third kappa shape index (κ3) is 9.65. The van der Waals surface area contributed by atoms with Crippen molar-refractivity contribution in [2.45, 2.75) is 127 Å². The van der Waals surface area contributed by atoms with Crippen LogP contribution in [0.25, 0.3) is 11.0 Å². The number of rotatable bonds is 13. The third-order valence-corrected chi connectivity index (χ3v) is 23.7. The summed E-state index contributed by atoms with van der Waals surface area (Å²) in [5, 5.41) is 0.0947. The van der Waals surface area contributed by atoms with E-state index in [0.717, 1.165) is 33.8 Å². The molecule has 0 bridgehead atoms. The Morgan fingerprint density at radius 1 is 0.739 bits per heavy atom. The van der Waals surface area contributed by atoms with Gasteiger partial charge in [-0.25, -0.2) is 9.97 Å². The first-order valence-corrected chi connectivity index (χ1v) is 28.6. The fraction of sp³-hybridized carbons (Fsp3) is 0.429. The molecule has 4 aromatic carbocycles. The van der Waals surface area contributed by atoms with Crippen LogP contribution in [0.4, 0.5) is 0 Å². The molecule has 0 unspecified atom stereocenters. The Kier molecular flexibility index (Phi) is 14.1. The second-order valence-corrected chi connectivity index (χ2v) is 31.1. The van der Waals surface area contributed by atoms with Gasteiger partial charge in [0.1, 0.15) is 55.0 Å². The van der Waals surface area contributed by atoms with Crippen molar-refractivity contribution in [2.75, 3.05) is 27.4 Å². The number of aromatic nitrogens is 3. The quantitative estimate of drug-likeness (QED) is 0.0631. The molecule has 2 aliphatic rings. The minimum Gasteiger partial charge on any atom is -0.497 e. The predicted molar refractivity (Wildman–Crippen MR) is 275 cm³/mol. The summed E-state index contributed by atoms with van der Waals surface area (Å²) in [4.78, 5) is 9.67. The van der Waals surface area contributed by atoms with E-state index in [2.05, 4.69) is 104 Å². The zero-order valence-electron chi connectivity index (χ0n) is 42.6. The lowest BCUT2D eigenvalue weighted by Gasteiger charge is -2.54. The Labute approximate surface area is 411 Å². The smallest absolute Gasteiger partial charge is 0.349 e. The SMILES string of the molecule is COc1ccc(C(OCC#Cc2cn([C@@H]3O[C@@H]4CO[Si](C(C)(C)C)(C(C)(C)C)O[C@H]4[C@H]3O[Si](C)(C)C(C)(C)C)c3ncnc(OCc4ccccc4)c23)(c2ccccc2)c2ccc(OC)cc2)cc1. The van der Waals surface area contributed by atoms with E-state index in [0.29, 0.717) is 35.7 Å². The van der Waals surface area contributed by atoms with Gasteiger partial charge >= 0.3 is 8.56 Å². The number of methoxy groups -OCH3 is 2. The number of fused-ring (bicyclic) bond motifs is 2. The van der Waals surface area contributed by atoms with Crippen molar-refractivity contribution in [3.8, 4) is 29.2 Å². The number of hydrogen-bond acceptors (Lipinski definition) is 10. The monoisotopic (exact) mass is 967 g/mol.